The maximum atomic E-state index is 12.8. The molecule has 0 aliphatic carbocycles. The molecule has 0 radical (unpaired) electrons. The Kier molecular flexibility index (Phi) is 6.68. The third-order valence-corrected chi connectivity index (χ3v) is 5.95. The highest BCUT2D eigenvalue weighted by Crippen LogP contribution is 2.22. The molecule has 160 valence electrons. The van der Waals surface area contributed by atoms with E-state index in [2.05, 4.69) is 4.90 Å². The summed E-state index contributed by atoms with van der Waals surface area (Å²) in [5, 5.41) is 11.1. The van der Waals surface area contributed by atoms with Crippen LogP contribution in [-0.2, 0) is 9.84 Å². The predicted molar refractivity (Wildman–Crippen MR) is 110 cm³/mol. The number of rotatable bonds is 7. The number of hydrogen-bond acceptors (Lipinski definition) is 7. The number of non-ortho nitro benzene ring substituents is 1. The Morgan fingerprint density at radius 1 is 1.10 bits per heavy atom. The van der Waals surface area contributed by atoms with Gasteiger partial charge in [0.05, 0.1) is 9.82 Å². The van der Waals surface area contributed by atoms with Crippen molar-refractivity contribution in [3.05, 3.63) is 64.2 Å². The van der Waals surface area contributed by atoms with Crippen molar-refractivity contribution in [2.45, 2.75) is 4.90 Å². The second-order valence-corrected chi connectivity index (χ2v) is 9.06. The molecule has 3 rings (SSSR count). The van der Waals surface area contributed by atoms with Gasteiger partial charge in [-0.1, -0.05) is 18.2 Å². The summed E-state index contributed by atoms with van der Waals surface area (Å²) in [6, 6.07) is 12.8. The number of nitro benzene ring substituents is 1. The Bertz CT molecular complexity index is 1020. The van der Waals surface area contributed by atoms with E-state index in [9.17, 15) is 23.3 Å². The number of carbonyl (C=O) groups is 1. The van der Waals surface area contributed by atoms with Gasteiger partial charge in [-0.25, -0.2) is 8.42 Å². The highest BCUT2D eigenvalue weighted by atomic mass is 32.2. The maximum Gasteiger partial charge on any atom is 0.271 e. The zero-order valence-corrected chi connectivity index (χ0v) is 17.4. The summed E-state index contributed by atoms with van der Waals surface area (Å²) < 4.78 is 29.4. The highest BCUT2D eigenvalue weighted by molar-refractivity contribution is 7.90. The lowest BCUT2D eigenvalue weighted by molar-refractivity contribution is -0.385. The van der Waals surface area contributed by atoms with Crippen LogP contribution in [0.3, 0.4) is 0 Å². The fraction of sp³-hybridized carbons (Fsp3) is 0.350. The fourth-order valence-electron chi connectivity index (χ4n) is 3.19. The van der Waals surface area contributed by atoms with E-state index in [1.54, 1.807) is 4.90 Å². The van der Waals surface area contributed by atoms with E-state index in [0.29, 0.717) is 39.3 Å². The molecule has 0 unspecified atom stereocenters. The molecule has 2 aromatic rings. The van der Waals surface area contributed by atoms with Gasteiger partial charge in [0.2, 0.25) is 0 Å². The molecule has 0 N–H and O–H groups in total. The number of hydrogen-bond donors (Lipinski definition) is 0. The van der Waals surface area contributed by atoms with E-state index in [1.165, 1.54) is 6.07 Å². The number of amides is 1. The Balaban J connectivity index is 1.59. The minimum absolute atomic E-state index is 0.00508. The summed E-state index contributed by atoms with van der Waals surface area (Å²) >= 11 is 0. The minimum atomic E-state index is -3.68. The average Bonchev–Trinajstić information content (AvgIpc) is 2.73. The molecule has 1 fully saturated rings. The molecule has 0 atom stereocenters. The van der Waals surface area contributed by atoms with Gasteiger partial charge in [0.1, 0.15) is 12.4 Å². The molecule has 1 heterocycles. The third-order valence-electron chi connectivity index (χ3n) is 4.86. The number of sulfone groups is 1. The molecule has 1 saturated heterocycles. The molecule has 1 aliphatic rings. The summed E-state index contributed by atoms with van der Waals surface area (Å²) in [5.41, 5.74) is -0.413. The molecule has 0 bridgehead atoms. The summed E-state index contributed by atoms with van der Waals surface area (Å²) in [5.74, 6) is 0.391. The van der Waals surface area contributed by atoms with E-state index < -0.39 is 26.4 Å². The molecule has 9 nitrogen and oxygen atoms in total. The number of benzene rings is 2. The summed E-state index contributed by atoms with van der Waals surface area (Å²) in [6.07, 6.45) is 0.955. The van der Waals surface area contributed by atoms with Crippen molar-refractivity contribution in [1.29, 1.82) is 0 Å². The van der Waals surface area contributed by atoms with Crippen molar-refractivity contribution in [2.24, 2.45) is 0 Å². The van der Waals surface area contributed by atoms with Crippen LogP contribution in [0.4, 0.5) is 5.69 Å². The van der Waals surface area contributed by atoms with Gasteiger partial charge in [-0.05, 0) is 18.2 Å². The van der Waals surface area contributed by atoms with Gasteiger partial charge < -0.3 is 9.64 Å². The average molecular weight is 433 g/mol. The first-order valence-electron chi connectivity index (χ1n) is 9.43. The molecule has 0 spiro atoms. The molecular formula is C20H23N3O6S. The quantitative estimate of drug-likeness (QED) is 0.484. The zero-order chi connectivity index (χ0) is 21.7. The molecular weight excluding hydrogens is 410 g/mol. The van der Waals surface area contributed by atoms with Crippen molar-refractivity contribution in [3.63, 3.8) is 0 Å². The lowest BCUT2D eigenvalue weighted by atomic mass is 10.1. The second-order valence-electron chi connectivity index (χ2n) is 7.04. The van der Waals surface area contributed by atoms with E-state index in [4.69, 9.17) is 4.74 Å². The number of nitrogens with zero attached hydrogens (tertiary/aromatic N) is 3. The topological polar surface area (TPSA) is 110 Å². The van der Waals surface area contributed by atoms with Crippen LogP contribution >= 0.6 is 0 Å². The number of piperazine rings is 1. The van der Waals surface area contributed by atoms with Crippen LogP contribution in [0.2, 0.25) is 0 Å². The Morgan fingerprint density at radius 3 is 2.37 bits per heavy atom. The summed E-state index contributed by atoms with van der Waals surface area (Å²) in [6.45, 7) is 3.41. The molecule has 30 heavy (non-hydrogen) atoms. The van der Waals surface area contributed by atoms with Crippen LogP contribution in [0.15, 0.2) is 53.4 Å². The second kappa shape index (κ2) is 9.23. The normalized spacial score (nSPS) is 15.0. The van der Waals surface area contributed by atoms with Crippen molar-refractivity contribution in [3.8, 4) is 5.75 Å². The van der Waals surface area contributed by atoms with Crippen LogP contribution in [0.1, 0.15) is 10.4 Å². The first kappa shape index (κ1) is 21.7. The van der Waals surface area contributed by atoms with Gasteiger partial charge in [0.15, 0.2) is 9.84 Å². The first-order valence-corrected chi connectivity index (χ1v) is 11.3. The first-order chi connectivity index (χ1) is 14.2. The number of carbonyl (C=O) groups excluding carboxylic acids is 1. The number of ether oxygens (including phenoxy) is 1. The van der Waals surface area contributed by atoms with Gasteiger partial charge in [0, 0.05) is 56.7 Å². The monoisotopic (exact) mass is 433 g/mol. The van der Waals surface area contributed by atoms with Gasteiger partial charge >= 0.3 is 0 Å². The van der Waals surface area contributed by atoms with Crippen molar-refractivity contribution >= 4 is 21.4 Å². The van der Waals surface area contributed by atoms with E-state index >= 15 is 0 Å². The van der Waals surface area contributed by atoms with Crippen LogP contribution in [0, 0.1) is 10.1 Å². The molecule has 1 amide bonds. The third kappa shape index (κ3) is 5.55. The Hall–Kier alpha value is -2.98. The largest absolute Gasteiger partial charge is 0.492 e. The smallest absolute Gasteiger partial charge is 0.271 e. The van der Waals surface area contributed by atoms with E-state index in [1.807, 2.05) is 30.3 Å². The van der Waals surface area contributed by atoms with Gasteiger partial charge in [0.25, 0.3) is 11.6 Å². The summed E-state index contributed by atoms with van der Waals surface area (Å²) in [7, 11) is -3.68. The van der Waals surface area contributed by atoms with Gasteiger partial charge in [-0.3, -0.25) is 19.8 Å². The molecule has 0 saturated carbocycles. The van der Waals surface area contributed by atoms with Crippen molar-refractivity contribution in [2.75, 3.05) is 45.6 Å². The predicted octanol–water partition coefficient (Wildman–Crippen LogP) is 1.84. The van der Waals surface area contributed by atoms with E-state index in [0.717, 1.165) is 24.1 Å². The Labute approximate surface area is 174 Å². The Morgan fingerprint density at radius 2 is 1.77 bits per heavy atom. The van der Waals surface area contributed by atoms with Gasteiger partial charge in [-0.2, -0.15) is 0 Å². The zero-order valence-electron chi connectivity index (χ0n) is 16.6. The van der Waals surface area contributed by atoms with Gasteiger partial charge in [-0.15, -0.1) is 0 Å². The van der Waals surface area contributed by atoms with E-state index in [-0.39, 0.29) is 10.5 Å². The highest BCUT2D eigenvalue weighted by Gasteiger charge is 2.25. The lowest BCUT2D eigenvalue weighted by Crippen LogP contribution is -2.49. The lowest BCUT2D eigenvalue weighted by Gasteiger charge is -2.34. The van der Waals surface area contributed by atoms with Crippen LogP contribution in [0.25, 0.3) is 0 Å². The molecule has 1 aliphatic heterocycles. The number of para-hydroxylation sites is 1. The number of nitro groups is 1. The minimum Gasteiger partial charge on any atom is -0.492 e. The van der Waals surface area contributed by atoms with Crippen LogP contribution < -0.4 is 4.74 Å². The molecule has 10 heteroatoms. The van der Waals surface area contributed by atoms with Crippen LogP contribution in [0.5, 0.6) is 5.75 Å². The SMILES string of the molecule is CS(=O)(=O)c1cc(C(=O)N2CCN(CCOc3ccccc3)CC2)cc([N+](=O)[O-])c1. The van der Waals surface area contributed by atoms with Crippen LogP contribution in [-0.4, -0.2) is 74.6 Å². The van der Waals surface area contributed by atoms with Crippen molar-refractivity contribution in [1.82, 2.24) is 9.80 Å². The maximum absolute atomic E-state index is 12.8. The molecule has 0 aromatic heterocycles. The van der Waals surface area contributed by atoms with Crippen molar-refractivity contribution < 1.29 is 22.9 Å². The standard InChI is InChI=1S/C20H23N3O6S/c1-30(27,28)19-14-16(13-17(15-19)23(25)26)20(24)22-9-7-21(8-10-22)11-12-29-18-5-3-2-4-6-18/h2-6,13-15H,7-12H2,1H3. The molecule has 2 aromatic carbocycles. The summed E-state index contributed by atoms with van der Waals surface area (Å²) in [4.78, 5) is 26.8. The fourth-order valence-corrected chi connectivity index (χ4v) is 3.87.